The summed E-state index contributed by atoms with van der Waals surface area (Å²) in [6.45, 7) is 7.16. The average Bonchev–Trinajstić information content (AvgIpc) is 2.46. The van der Waals surface area contributed by atoms with Crippen LogP contribution in [0.15, 0.2) is 24.3 Å². The van der Waals surface area contributed by atoms with Crippen LogP contribution in [-0.2, 0) is 17.8 Å². The highest BCUT2D eigenvalue weighted by Gasteiger charge is 2.22. The number of nitrogens with one attached hydrogen (secondary N) is 1. The predicted molar refractivity (Wildman–Crippen MR) is 77.9 cm³/mol. The molecule has 1 amide bonds. The minimum absolute atomic E-state index is 0.194. The van der Waals surface area contributed by atoms with Crippen molar-refractivity contribution < 1.29 is 4.79 Å². The zero-order valence-electron chi connectivity index (χ0n) is 12.0. The van der Waals surface area contributed by atoms with Gasteiger partial charge >= 0.3 is 0 Å². The summed E-state index contributed by atoms with van der Waals surface area (Å²) in [5.74, 6) is 0.194. The van der Waals surface area contributed by atoms with Gasteiger partial charge < -0.3 is 5.32 Å². The third kappa shape index (κ3) is 3.80. The van der Waals surface area contributed by atoms with Gasteiger partial charge in [-0.25, -0.2) is 0 Å². The van der Waals surface area contributed by atoms with E-state index in [2.05, 4.69) is 48.3 Å². The van der Waals surface area contributed by atoms with Gasteiger partial charge in [0, 0.05) is 25.6 Å². The summed E-state index contributed by atoms with van der Waals surface area (Å²) in [4.78, 5) is 13.7. The van der Waals surface area contributed by atoms with Crippen molar-refractivity contribution in [2.24, 2.45) is 0 Å². The Morgan fingerprint density at radius 1 is 1.21 bits per heavy atom. The zero-order chi connectivity index (χ0) is 13.7. The van der Waals surface area contributed by atoms with Crippen LogP contribution in [0.5, 0.6) is 0 Å². The summed E-state index contributed by atoms with van der Waals surface area (Å²) in [6, 6.07) is 9.36. The van der Waals surface area contributed by atoms with E-state index in [1.807, 2.05) is 0 Å². The van der Waals surface area contributed by atoms with Gasteiger partial charge in [-0.3, -0.25) is 9.69 Å². The third-order valence-corrected chi connectivity index (χ3v) is 3.98. The molecule has 2 rings (SSSR count). The second kappa shape index (κ2) is 6.71. The molecule has 1 unspecified atom stereocenters. The highest BCUT2D eigenvalue weighted by Crippen LogP contribution is 2.15. The van der Waals surface area contributed by atoms with Crippen molar-refractivity contribution in [3.8, 4) is 0 Å². The van der Waals surface area contributed by atoms with Gasteiger partial charge in [-0.2, -0.15) is 0 Å². The average molecular weight is 260 g/mol. The molecule has 1 aromatic rings. The molecule has 0 aliphatic carbocycles. The van der Waals surface area contributed by atoms with E-state index in [0.29, 0.717) is 12.5 Å². The highest BCUT2D eigenvalue weighted by molar-refractivity contribution is 5.76. The molecule has 104 valence electrons. The van der Waals surface area contributed by atoms with Crippen LogP contribution in [0.2, 0.25) is 0 Å². The highest BCUT2D eigenvalue weighted by atomic mass is 16.1. The first kappa shape index (κ1) is 14.1. The first-order valence-corrected chi connectivity index (χ1v) is 7.31. The number of benzene rings is 1. The number of hydrogen-bond donors (Lipinski definition) is 1. The van der Waals surface area contributed by atoms with Crippen LogP contribution in [0.3, 0.4) is 0 Å². The quantitative estimate of drug-likeness (QED) is 0.881. The van der Waals surface area contributed by atoms with E-state index in [1.165, 1.54) is 11.1 Å². The molecule has 1 fully saturated rings. The fourth-order valence-corrected chi connectivity index (χ4v) is 2.65. The standard InChI is InChI=1S/C16H24N2O/c1-3-13-5-7-14(8-6-13)12-18(4-2)15-9-10-16(19)17-11-15/h5-8,15H,3-4,9-12H2,1-2H3,(H,17,19). The molecule has 1 N–H and O–H groups in total. The Morgan fingerprint density at radius 3 is 2.42 bits per heavy atom. The number of likely N-dealkylation sites (N-methyl/N-ethyl adjacent to an activating group) is 1. The summed E-state index contributed by atoms with van der Waals surface area (Å²) in [5, 5.41) is 2.97. The lowest BCUT2D eigenvalue weighted by Gasteiger charge is -2.33. The summed E-state index contributed by atoms with van der Waals surface area (Å²) >= 11 is 0. The fourth-order valence-electron chi connectivity index (χ4n) is 2.65. The molecule has 3 heteroatoms. The molecule has 1 aliphatic rings. The summed E-state index contributed by atoms with van der Waals surface area (Å²) in [7, 11) is 0. The number of aryl methyl sites for hydroxylation is 1. The Balaban J connectivity index is 1.95. The first-order valence-electron chi connectivity index (χ1n) is 7.31. The Morgan fingerprint density at radius 2 is 1.89 bits per heavy atom. The van der Waals surface area contributed by atoms with Gasteiger partial charge in [-0.1, -0.05) is 38.1 Å². The van der Waals surface area contributed by atoms with Crippen LogP contribution < -0.4 is 5.32 Å². The summed E-state index contributed by atoms with van der Waals surface area (Å²) in [6.07, 6.45) is 2.73. The number of carbonyl (C=O) groups excluding carboxylic acids is 1. The fraction of sp³-hybridized carbons (Fsp3) is 0.562. The molecule has 1 aromatic carbocycles. The van der Waals surface area contributed by atoms with Gasteiger partial charge in [-0.15, -0.1) is 0 Å². The number of amides is 1. The topological polar surface area (TPSA) is 32.3 Å². The molecule has 1 saturated heterocycles. The van der Waals surface area contributed by atoms with Crippen LogP contribution in [-0.4, -0.2) is 29.9 Å². The van der Waals surface area contributed by atoms with Gasteiger partial charge in [-0.05, 0) is 30.5 Å². The number of piperidine rings is 1. The number of carbonyl (C=O) groups is 1. The van der Waals surface area contributed by atoms with Crippen LogP contribution in [0.1, 0.15) is 37.8 Å². The van der Waals surface area contributed by atoms with Crippen LogP contribution in [0.4, 0.5) is 0 Å². The van der Waals surface area contributed by atoms with Gasteiger partial charge in [0.25, 0.3) is 0 Å². The van der Waals surface area contributed by atoms with E-state index in [9.17, 15) is 4.79 Å². The Kier molecular flexibility index (Phi) is 4.97. The van der Waals surface area contributed by atoms with Gasteiger partial charge in [0.15, 0.2) is 0 Å². The monoisotopic (exact) mass is 260 g/mol. The van der Waals surface area contributed by atoms with Crippen molar-refractivity contribution in [1.82, 2.24) is 10.2 Å². The maximum Gasteiger partial charge on any atom is 0.220 e. The molecule has 0 radical (unpaired) electrons. The van der Waals surface area contributed by atoms with Crippen LogP contribution in [0, 0.1) is 0 Å². The van der Waals surface area contributed by atoms with E-state index < -0.39 is 0 Å². The molecule has 3 nitrogen and oxygen atoms in total. The lowest BCUT2D eigenvalue weighted by atomic mass is 10.0. The summed E-state index contributed by atoms with van der Waals surface area (Å²) in [5.41, 5.74) is 2.74. The van der Waals surface area contributed by atoms with Crippen molar-refractivity contribution in [3.63, 3.8) is 0 Å². The Labute approximate surface area is 116 Å². The molecule has 19 heavy (non-hydrogen) atoms. The van der Waals surface area contributed by atoms with Crippen molar-refractivity contribution in [2.75, 3.05) is 13.1 Å². The number of hydrogen-bond acceptors (Lipinski definition) is 2. The normalized spacial score (nSPS) is 19.5. The molecule has 1 heterocycles. The van der Waals surface area contributed by atoms with Crippen LogP contribution >= 0.6 is 0 Å². The molecule has 0 aromatic heterocycles. The van der Waals surface area contributed by atoms with E-state index >= 15 is 0 Å². The first-order chi connectivity index (χ1) is 9.22. The lowest BCUT2D eigenvalue weighted by Crippen LogP contribution is -2.47. The Bertz CT molecular complexity index is 403. The van der Waals surface area contributed by atoms with Crippen molar-refractivity contribution in [2.45, 2.75) is 45.7 Å². The smallest absolute Gasteiger partial charge is 0.220 e. The maximum atomic E-state index is 11.2. The maximum absolute atomic E-state index is 11.2. The molecular weight excluding hydrogens is 236 g/mol. The summed E-state index contributed by atoms with van der Waals surface area (Å²) < 4.78 is 0. The molecule has 0 saturated carbocycles. The largest absolute Gasteiger partial charge is 0.355 e. The second-order valence-electron chi connectivity index (χ2n) is 5.23. The van der Waals surface area contributed by atoms with Gasteiger partial charge in [0.2, 0.25) is 5.91 Å². The zero-order valence-corrected chi connectivity index (χ0v) is 12.0. The Hall–Kier alpha value is -1.35. The minimum atomic E-state index is 0.194. The number of nitrogens with zero attached hydrogens (tertiary/aromatic N) is 1. The molecule has 1 atom stereocenters. The minimum Gasteiger partial charge on any atom is -0.355 e. The van der Waals surface area contributed by atoms with E-state index in [0.717, 1.165) is 32.5 Å². The van der Waals surface area contributed by atoms with Gasteiger partial charge in [0.1, 0.15) is 0 Å². The molecular formula is C16H24N2O. The number of rotatable bonds is 5. The van der Waals surface area contributed by atoms with E-state index in [1.54, 1.807) is 0 Å². The van der Waals surface area contributed by atoms with Crippen molar-refractivity contribution >= 4 is 5.91 Å². The van der Waals surface area contributed by atoms with Crippen molar-refractivity contribution in [3.05, 3.63) is 35.4 Å². The van der Waals surface area contributed by atoms with E-state index in [4.69, 9.17) is 0 Å². The van der Waals surface area contributed by atoms with E-state index in [-0.39, 0.29) is 5.91 Å². The molecule has 1 aliphatic heterocycles. The molecule has 0 spiro atoms. The SMILES string of the molecule is CCc1ccc(CN(CC)C2CCC(=O)NC2)cc1. The predicted octanol–water partition coefficient (Wildman–Crippen LogP) is 2.35. The third-order valence-electron chi connectivity index (χ3n) is 3.98. The van der Waals surface area contributed by atoms with Crippen molar-refractivity contribution in [1.29, 1.82) is 0 Å². The van der Waals surface area contributed by atoms with Gasteiger partial charge in [0.05, 0.1) is 0 Å². The molecule has 0 bridgehead atoms. The lowest BCUT2D eigenvalue weighted by molar-refractivity contribution is -0.123. The van der Waals surface area contributed by atoms with Crippen LogP contribution in [0.25, 0.3) is 0 Å². The second-order valence-corrected chi connectivity index (χ2v) is 5.23.